The molecule has 1 amide bonds. The molecule has 0 atom stereocenters. The zero-order valence-corrected chi connectivity index (χ0v) is 14.9. The number of carbonyl (C=O) groups is 1. The van der Waals surface area contributed by atoms with Crippen LogP contribution in [0.2, 0.25) is 0 Å². The smallest absolute Gasteiger partial charge is 0.417 e. The Morgan fingerprint density at radius 2 is 1.89 bits per heavy atom. The van der Waals surface area contributed by atoms with Crippen molar-refractivity contribution in [3.8, 4) is 5.75 Å². The number of ether oxygens (including phenoxy) is 1. The van der Waals surface area contributed by atoms with Crippen molar-refractivity contribution in [3.63, 3.8) is 0 Å². The van der Waals surface area contributed by atoms with Crippen LogP contribution in [0.4, 0.5) is 24.7 Å². The number of alkyl halides is 3. The fraction of sp³-hybridized carbons (Fsp3) is 0.200. The van der Waals surface area contributed by atoms with E-state index in [-0.39, 0.29) is 22.2 Å². The summed E-state index contributed by atoms with van der Waals surface area (Å²) in [6, 6.07) is 5.48. The SMILES string of the molecule is COc1ccc(S(=O)(=O)NNc2ccc(C(F)(F)F)cn2)cc1NC(C)=O. The van der Waals surface area contributed by atoms with E-state index >= 15 is 0 Å². The molecule has 0 aliphatic heterocycles. The largest absolute Gasteiger partial charge is 0.495 e. The van der Waals surface area contributed by atoms with E-state index in [0.717, 1.165) is 12.1 Å². The van der Waals surface area contributed by atoms with Gasteiger partial charge in [-0.3, -0.25) is 10.2 Å². The van der Waals surface area contributed by atoms with Crippen LogP contribution in [0.25, 0.3) is 0 Å². The minimum absolute atomic E-state index is 0.137. The van der Waals surface area contributed by atoms with Gasteiger partial charge in [0.25, 0.3) is 10.0 Å². The van der Waals surface area contributed by atoms with Crippen molar-refractivity contribution in [2.24, 2.45) is 0 Å². The maximum absolute atomic E-state index is 12.5. The van der Waals surface area contributed by atoms with Crippen LogP contribution in [-0.2, 0) is 21.0 Å². The number of hydrazine groups is 1. The number of pyridine rings is 1. The number of sulfonamides is 1. The van der Waals surface area contributed by atoms with Crippen LogP contribution in [0, 0.1) is 0 Å². The van der Waals surface area contributed by atoms with Crippen LogP contribution in [0.5, 0.6) is 5.75 Å². The van der Waals surface area contributed by atoms with Crippen LogP contribution in [-0.4, -0.2) is 26.4 Å². The molecule has 3 N–H and O–H groups in total. The summed E-state index contributed by atoms with van der Waals surface area (Å²) in [4.78, 5) is 16.5. The lowest BCUT2D eigenvalue weighted by Crippen LogP contribution is -2.30. The summed E-state index contributed by atoms with van der Waals surface area (Å²) >= 11 is 0. The molecule has 27 heavy (non-hydrogen) atoms. The van der Waals surface area contributed by atoms with E-state index in [4.69, 9.17) is 4.74 Å². The number of anilines is 2. The molecule has 8 nitrogen and oxygen atoms in total. The summed E-state index contributed by atoms with van der Waals surface area (Å²) in [5.41, 5.74) is 1.39. The maximum Gasteiger partial charge on any atom is 0.417 e. The summed E-state index contributed by atoms with van der Waals surface area (Å²) < 4.78 is 67.2. The van der Waals surface area contributed by atoms with Crippen molar-refractivity contribution < 1.29 is 31.1 Å². The van der Waals surface area contributed by atoms with Crippen LogP contribution in [0.1, 0.15) is 12.5 Å². The van der Waals surface area contributed by atoms with Crippen molar-refractivity contribution in [2.45, 2.75) is 18.0 Å². The average molecular weight is 404 g/mol. The number of methoxy groups -OCH3 is 1. The minimum Gasteiger partial charge on any atom is -0.495 e. The first-order valence-electron chi connectivity index (χ1n) is 7.29. The van der Waals surface area contributed by atoms with Gasteiger partial charge in [-0.2, -0.15) is 13.2 Å². The number of rotatable bonds is 6. The predicted molar refractivity (Wildman–Crippen MR) is 90.5 cm³/mol. The van der Waals surface area contributed by atoms with Gasteiger partial charge in [0, 0.05) is 13.1 Å². The second-order valence-electron chi connectivity index (χ2n) is 5.20. The van der Waals surface area contributed by atoms with Crippen molar-refractivity contribution in [2.75, 3.05) is 17.9 Å². The number of aromatic nitrogens is 1. The Kier molecular flexibility index (Phi) is 5.91. The molecule has 0 fully saturated rings. The maximum atomic E-state index is 12.5. The molecule has 2 aromatic rings. The lowest BCUT2D eigenvalue weighted by molar-refractivity contribution is -0.137. The van der Waals surface area contributed by atoms with Gasteiger partial charge >= 0.3 is 6.18 Å². The average Bonchev–Trinajstić information content (AvgIpc) is 2.59. The first-order valence-corrected chi connectivity index (χ1v) is 8.78. The third-order valence-corrected chi connectivity index (χ3v) is 4.44. The summed E-state index contributed by atoms with van der Waals surface area (Å²) in [5.74, 6) is -0.313. The Hall–Kier alpha value is -2.86. The zero-order valence-electron chi connectivity index (χ0n) is 14.1. The van der Waals surface area contributed by atoms with E-state index in [0.29, 0.717) is 6.20 Å². The molecule has 0 spiro atoms. The number of benzene rings is 1. The van der Waals surface area contributed by atoms with Crippen LogP contribution < -0.4 is 20.3 Å². The van der Waals surface area contributed by atoms with Crippen molar-refractivity contribution in [1.82, 2.24) is 9.82 Å². The van der Waals surface area contributed by atoms with Crippen LogP contribution in [0.3, 0.4) is 0 Å². The second-order valence-corrected chi connectivity index (χ2v) is 6.89. The highest BCUT2D eigenvalue weighted by atomic mass is 32.2. The van der Waals surface area contributed by atoms with E-state index in [2.05, 4.69) is 15.7 Å². The molecule has 0 radical (unpaired) electrons. The molecule has 12 heteroatoms. The Bertz CT molecular complexity index is 931. The summed E-state index contributed by atoms with van der Waals surface area (Å²) in [5, 5.41) is 2.44. The lowest BCUT2D eigenvalue weighted by atomic mass is 10.3. The van der Waals surface area contributed by atoms with E-state index < -0.39 is 27.7 Å². The van der Waals surface area contributed by atoms with Gasteiger partial charge in [-0.1, -0.05) is 0 Å². The molecule has 2 rings (SSSR count). The highest BCUT2D eigenvalue weighted by Crippen LogP contribution is 2.29. The molecular formula is C15H15F3N4O4S. The molecular weight excluding hydrogens is 389 g/mol. The first kappa shape index (κ1) is 20.5. The number of carbonyl (C=O) groups excluding carboxylic acids is 1. The molecule has 0 aliphatic carbocycles. The highest BCUT2D eigenvalue weighted by Gasteiger charge is 2.30. The fourth-order valence-electron chi connectivity index (χ4n) is 1.96. The lowest BCUT2D eigenvalue weighted by Gasteiger charge is -2.13. The Balaban J connectivity index is 2.18. The number of hydrogen-bond acceptors (Lipinski definition) is 6. The predicted octanol–water partition coefficient (Wildman–Crippen LogP) is 2.37. The number of halogens is 3. The van der Waals surface area contributed by atoms with Gasteiger partial charge in [0.2, 0.25) is 5.91 Å². The summed E-state index contributed by atoms with van der Waals surface area (Å²) in [7, 11) is -2.76. The monoisotopic (exact) mass is 404 g/mol. The van der Waals surface area contributed by atoms with Gasteiger partial charge < -0.3 is 10.1 Å². The molecule has 0 aliphatic rings. The van der Waals surface area contributed by atoms with E-state index in [1.165, 1.54) is 32.2 Å². The Labute approximate surface area is 152 Å². The van der Waals surface area contributed by atoms with E-state index in [1.54, 1.807) is 0 Å². The van der Waals surface area contributed by atoms with Gasteiger partial charge in [0.1, 0.15) is 11.6 Å². The number of amides is 1. The standard InChI is InChI=1S/C15H15F3N4O4S/c1-9(23)20-12-7-11(4-5-13(12)26-2)27(24,25)22-21-14-6-3-10(8-19-14)15(16,17)18/h3-8,22H,1-2H3,(H,19,21)(H,20,23). The quantitative estimate of drug-likeness (QED) is 0.638. The van der Waals surface area contributed by atoms with Gasteiger partial charge in [0.15, 0.2) is 0 Å². The van der Waals surface area contributed by atoms with Crippen LogP contribution in [0.15, 0.2) is 41.4 Å². The number of nitrogens with one attached hydrogen (secondary N) is 3. The molecule has 0 unspecified atom stereocenters. The summed E-state index contributed by atoms with van der Waals surface area (Å²) in [6.07, 6.45) is -3.98. The fourth-order valence-corrected chi connectivity index (χ4v) is 2.83. The van der Waals surface area contributed by atoms with Gasteiger partial charge in [-0.25, -0.2) is 13.4 Å². The van der Waals surface area contributed by atoms with Crippen molar-refractivity contribution >= 4 is 27.4 Å². The number of hydrogen-bond donors (Lipinski definition) is 3. The van der Waals surface area contributed by atoms with Crippen molar-refractivity contribution in [1.29, 1.82) is 0 Å². The number of nitrogens with zero attached hydrogens (tertiary/aromatic N) is 1. The molecule has 0 bridgehead atoms. The van der Waals surface area contributed by atoms with Gasteiger partial charge in [-0.15, -0.1) is 4.83 Å². The molecule has 0 saturated carbocycles. The Morgan fingerprint density at radius 3 is 2.41 bits per heavy atom. The minimum atomic E-state index is -4.55. The zero-order chi connectivity index (χ0) is 20.2. The first-order chi connectivity index (χ1) is 12.5. The summed E-state index contributed by atoms with van der Waals surface area (Å²) in [6.45, 7) is 1.25. The molecule has 1 aromatic heterocycles. The van der Waals surface area contributed by atoms with Crippen LogP contribution >= 0.6 is 0 Å². The third-order valence-electron chi connectivity index (χ3n) is 3.20. The van der Waals surface area contributed by atoms with Gasteiger partial charge in [-0.05, 0) is 30.3 Å². The van der Waals surface area contributed by atoms with E-state index in [9.17, 15) is 26.4 Å². The normalized spacial score (nSPS) is 11.7. The second kappa shape index (κ2) is 7.80. The third kappa shape index (κ3) is 5.31. The van der Waals surface area contributed by atoms with Gasteiger partial charge in [0.05, 0.1) is 23.3 Å². The molecule has 0 saturated heterocycles. The molecule has 1 heterocycles. The molecule has 1 aromatic carbocycles. The molecule has 146 valence electrons. The Morgan fingerprint density at radius 1 is 1.19 bits per heavy atom. The van der Waals surface area contributed by atoms with E-state index in [1.807, 2.05) is 4.83 Å². The topological polar surface area (TPSA) is 109 Å². The van der Waals surface area contributed by atoms with Crippen molar-refractivity contribution in [3.05, 3.63) is 42.1 Å². The highest BCUT2D eigenvalue weighted by molar-refractivity contribution is 7.89.